The molecule has 0 N–H and O–H groups in total. The fourth-order valence-electron chi connectivity index (χ4n) is 1.25. The van der Waals surface area contributed by atoms with Crippen LogP contribution in [0.15, 0.2) is 36.9 Å². The topological polar surface area (TPSA) is 12.9 Å². The Balaban J connectivity index is 2.81. The van der Waals surface area contributed by atoms with Gasteiger partial charge in [0.2, 0.25) is 5.95 Å². The Labute approximate surface area is 75.5 Å². The molecule has 0 spiro atoms. The molecule has 2 heteroatoms. The Morgan fingerprint density at radius 3 is 2.85 bits per heavy atom. The number of fused-ring (bicyclic) bond motifs is 1. The smallest absolute Gasteiger partial charge is 0.219 e. The second-order valence-corrected chi connectivity index (χ2v) is 2.77. The van der Waals surface area contributed by atoms with E-state index in [9.17, 15) is 4.39 Å². The average Bonchev–Trinajstić information content (AvgIpc) is 2.17. The lowest BCUT2D eigenvalue weighted by Crippen LogP contribution is -1.88. The number of halogens is 1. The molecule has 0 bridgehead atoms. The van der Waals surface area contributed by atoms with Gasteiger partial charge < -0.3 is 0 Å². The minimum Gasteiger partial charge on any atom is -0.219 e. The highest BCUT2D eigenvalue weighted by Crippen LogP contribution is 2.16. The summed E-state index contributed by atoms with van der Waals surface area (Å²) >= 11 is 0. The van der Waals surface area contributed by atoms with E-state index in [0.717, 1.165) is 5.39 Å². The van der Waals surface area contributed by atoms with Crippen LogP contribution < -0.4 is 0 Å². The summed E-state index contributed by atoms with van der Waals surface area (Å²) in [5, 5.41) is 0.929. The summed E-state index contributed by atoms with van der Waals surface area (Å²) in [4.78, 5) is 3.81. The molecule has 0 aliphatic heterocycles. The third-order valence-electron chi connectivity index (χ3n) is 1.92. The molecule has 1 nitrogen and oxygen atoms in total. The van der Waals surface area contributed by atoms with E-state index in [-0.39, 0.29) is 0 Å². The van der Waals surface area contributed by atoms with Crippen molar-refractivity contribution in [3.63, 3.8) is 0 Å². The van der Waals surface area contributed by atoms with Crippen LogP contribution in [-0.4, -0.2) is 4.98 Å². The molecule has 0 amide bonds. The molecule has 0 aliphatic carbocycles. The van der Waals surface area contributed by atoms with Crippen molar-refractivity contribution in [2.24, 2.45) is 0 Å². The molecule has 1 aromatic carbocycles. The highest BCUT2D eigenvalue weighted by atomic mass is 19.1. The van der Waals surface area contributed by atoms with Crippen molar-refractivity contribution in [3.8, 4) is 0 Å². The van der Waals surface area contributed by atoms with E-state index in [1.54, 1.807) is 12.1 Å². The highest BCUT2D eigenvalue weighted by Gasteiger charge is 2.01. The van der Waals surface area contributed by atoms with Crippen molar-refractivity contribution in [2.45, 2.75) is 0 Å². The van der Waals surface area contributed by atoms with Crippen molar-refractivity contribution >= 4 is 17.0 Å². The Hall–Kier alpha value is -1.70. The molecule has 1 heterocycles. The first-order chi connectivity index (χ1) is 6.31. The molecule has 0 aliphatic rings. The van der Waals surface area contributed by atoms with Crippen molar-refractivity contribution in [2.75, 3.05) is 0 Å². The maximum Gasteiger partial charge on any atom is 0.220 e. The number of hydrogen-bond donors (Lipinski definition) is 0. The van der Waals surface area contributed by atoms with Crippen molar-refractivity contribution < 1.29 is 4.39 Å². The van der Waals surface area contributed by atoms with Crippen LogP contribution in [0, 0.1) is 5.95 Å². The van der Waals surface area contributed by atoms with Gasteiger partial charge in [-0.05, 0) is 12.1 Å². The quantitative estimate of drug-likeness (QED) is 0.604. The Kier molecular flexibility index (Phi) is 1.81. The number of aromatic nitrogens is 1. The van der Waals surface area contributed by atoms with E-state index in [1.807, 2.05) is 18.2 Å². The summed E-state index contributed by atoms with van der Waals surface area (Å²) in [6.45, 7) is 3.52. The molecule has 0 radical (unpaired) electrons. The monoisotopic (exact) mass is 173 g/mol. The highest BCUT2D eigenvalue weighted by molar-refractivity contribution is 5.80. The second kappa shape index (κ2) is 2.98. The van der Waals surface area contributed by atoms with Crippen molar-refractivity contribution in [1.29, 1.82) is 0 Å². The molecule has 0 atom stereocenters. The number of para-hydroxylation sites is 1. The van der Waals surface area contributed by atoms with Crippen LogP contribution in [0.2, 0.25) is 0 Å². The summed E-state index contributed by atoms with van der Waals surface area (Å²) in [6.07, 6.45) is 1.47. The van der Waals surface area contributed by atoms with Crippen LogP contribution in [0.25, 0.3) is 17.0 Å². The SMILES string of the molecule is C=Cc1cc2ccccc2nc1F. The van der Waals surface area contributed by atoms with E-state index >= 15 is 0 Å². The predicted octanol–water partition coefficient (Wildman–Crippen LogP) is 3.02. The van der Waals surface area contributed by atoms with Crippen LogP contribution in [-0.2, 0) is 0 Å². The molecule has 64 valence electrons. The van der Waals surface area contributed by atoms with Gasteiger partial charge >= 0.3 is 0 Å². The Morgan fingerprint density at radius 2 is 2.08 bits per heavy atom. The van der Waals surface area contributed by atoms with Crippen LogP contribution in [0.4, 0.5) is 4.39 Å². The van der Waals surface area contributed by atoms with Crippen LogP contribution in [0.1, 0.15) is 5.56 Å². The fourth-order valence-corrected chi connectivity index (χ4v) is 1.25. The van der Waals surface area contributed by atoms with Gasteiger partial charge in [-0.2, -0.15) is 4.39 Å². The Bertz CT molecular complexity index is 463. The van der Waals surface area contributed by atoms with E-state index in [4.69, 9.17) is 0 Å². The minimum atomic E-state index is -0.464. The fraction of sp³-hybridized carbons (Fsp3) is 0. The molecular weight excluding hydrogens is 165 g/mol. The number of hydrogen-bond acceptors (Lipinski definition) is 1. The molecule has 0 saturated carbocycles. The number of pyridine rings is 1. The van der Waals surface area contributed by atoms with Crippen molar-refractivity contribution in [3.05, 3.63) is 48.4 Å². The molecule has 2 aromatic rings. The minimum absolute atomic E-state index is 0.443. The van der Waals surface area contributed by atoms with Gasteiger partial charge in [0.25, 0.3) is 0 Å². The molecular formula is C11H8FN. The predicted molar refractivity (Wildman–Crippen MR) is 51.8 cm³/mol. The Morgan fingerprint density at radius 1 is 1.31 bits per heavy atom. The van der Waals surface area contributed by atoms with E-state index in [2.05, 4.69) is 11.6 Å². The van der Waals surface area contributed by atoms with Crippen LogP contribution >= 0.6 is 0 Å². The first kappa shape index (κ1) is 7.92. The summed E-state index contributed by atoms with van der Waals surface area (Å²) < 4.78 is 13.1. The molecule has 2 rings (SSSR count). The average molecular weight is 173 g/mol. The van der Waals surface area contributed by atoms with Gasteiger partial charge in [0, 0.05) is 10.9 Å². The lowest BCUT2D eigenvalue weighted by Gasteiger charge is -1.99. The zero-order valence-corrected chi connectivity index (χ0v) is 7.00. The van der Waals surface area contributed by atoms with E-state index in [0.29, 0.717) is 11.1 Å². The summed E-state index contributed by atoms with van der Waals surface area (Å²) in [6, 6.07) is 9.15. The molecule has 0 fully saturated rings. The van der Waals surface area contributed by atoms with Crippen LogP contribution in [0.3, 0.4) is 0 Å². The summed E-state index contributed by atoms with van der Waals surface area (Å²) in [5.41, 5.74) is 1.12. The van der Waals surface area contributed by atoms with Gasteiger partial charge in [0.15, 0.2) is 0 Å². The second-order valence-electron chi connectivity index (χ2n) is 2.77. The molecule has 1 aromatic heterocycles. The lowest BCUT2D eigenvalue weighted by atomic mass is 10.1. The van der Waals surface area contributed by atoms with Gasteiger partial charge in [0.05, 0.1) is 5.52 Å². The third-order valence-corrected chi connectivity index (χ3v) is 1.92. The van der Waals surface area contributed by atoms with Gasteiger partial charge in [-0.25, -0.2) is 4.98 Å². The number of benzene rings is 1. The van der Waals surface area contributed by atoms with Crippen LogP contribution in [0.5, 0.6) is 0 Å². The lowest BCUT2D eigenvalue weighted by molar-refractivity contribution is 0.586. The van der Waals surface area contributed by atoms with Gasteiger partial charge in [-0.15, -0.1) is 0 Å². The first-order valence-electron chi connectivity index (χ1n) is 3.99. The van der Waals surface area contributed by atoms with E-state index in [1.165, 1.54) is 6.08 Å². The first-order valence-corrected chi connectivity index (χ1v) is 3.99. The number of rotatable bonds is 1. The largest absolute Gasteiger partial charge is 0.220 e. The maximum atomic E-state index is 13.1. The zero-order valence-electron chi connectivity index (χ0n) is 7.00. The van der Waals surface area contributed by atoms with E-state index < -0.39 is 5.95 Å². The molecule has 0 saturated heterocycles. The zero-order chi connectivity index (χ0) is 9.26. The normalized spacial score (nSPS) is 10.2. The van der Waals surface area contributed by atoms with Gasteiger partial charge in [0.1, 0.15) is 0 Å². The summed E-state index contributed by atoms with van der Waals surface area (Å²) in [7, 11) is 0. The number of nitrogens with zero attached hydrogens (tertiary/aromatic N) is 1. The maximum absolute atomic E-state index is 13.1. The van der Waals surface area contributed by atoms with Crippen molar-refractivity contribution in [1.82, 2.24) is 4.98 Å². The molecule has 0 unspecified atom stereocenters. The standard InChI is InChI=1S/C11H8FN/c1-2-8-7-9-5-3-4-6-10(9)13-11(8)12/h2-7H,1H2. The summed E-state index contributed by atoms with van der Waals surface area (Å²) in [5.74, 6) is -0.464. The van der Waals surface area contributed by atoms with Gasteiger partial charge in [-0.3, -0.25) is 0 Å². The van der Waals surface area contributed by atoms with Gasteiger partial charge in [-0.1, -0.05) is 30.9 Å². The molecule has 13 heavy (non-hydrogen) atoms. The third kappa shape index (κ3) is 1.31.